The summed E-state index contributed by atoms with van der Waals surface area (Å²) in [5, 5.41) is 20.5. The van der Waals surface area contributed by atoms with Gasteiger partial charge in [-0.15, -0.1) is 0 Å². The number of hydrogen-bond donors (Lipinski definition) is 1. The molecule has 6 nitrogen and oxygen atoms in total. The first-order valence-electron chi connectivity index (χ1n) is 4.26. The topological polar surface area (TPSA) is 75.8 Å². The summed E-state index contributed by atoms with van der Waals surface area (Å²) >= 11 is 0. The van der Waals surface area contributed by atoms with E-state index in [0.717, 1.165) is 5.06 Å². The van der Waals surface area contributed by atoms with Gasteiger partial charge in [0.2, 0.25) is 0 Å². The van der Waals surface area contributed by atoms with Gasteiger partial charge in [-0.25, -0.2) is 0 Å². The molecular formula is C9H12N2O4. The number of nitro benzene ring substituents is 1. The van der Waals surface area contributed by atoms with Gasteiger partial charge in [-0.2, -0.15) is 5.06 Å². The maximum atomic E-state index is 10.5. The van der Waals surface area contributed by atoms with Crippen LogP contribution in [0, 0.1) is 10.1 Å². The fourth-order valence-corrected chi connectivity index (χ4v) is 1.22. The van der Waals surface area contributed by atoms with Crippen LogP contribution in [-0.4, -0.2) is 29.4 Å². The van der Waals surface area contributed by atoms with Gasteiger partial charge in [0.25, 0.3) is 5.69 Å². The van der Waals surface area contributed by atoms with E-state index in [1.807, 2.05) is 0 Å². The van der Waals surface area contributed by atoms with Gasteiger partial charge in [-0.3, -0.25) is 10.1 Å². The summed E-state index contributed by atoms with van der Waals surface area (Å²) in [4.78, 5) is 10.0. The van der Waals surface area contributed by atoms with Crippen LogP contribution >= 0.6 is 0 Å². The van der Waals surface area contributed by atoms with Crippen LogP contribution in [0.25, 0.3) is 0 Å². The molecule has 6 heteroatoms. The average molecular weight is 212 g/mol. The van der Waals surface area contributed by atoms with E-state index in [-0.39, 0.29) is 12.2 Å². The van der Waals surface area contributed by atoms with Crippen molar-refractivity contribution in [2.75, 3.05) is 14.2 Å². The zero-order chi connectivity index (χ0) is 11.4. The normalized spacial score (nSPS) is 10.4. The number of ether oxygens (including phenoxy) is 1. The molecule has 0 radical (unpaired) electrons. The number of benzene rings is 1. The SMILES string of the molecule is COc1cc([N+](=O)[O-])ccc1CN(C)O. The number of nitrogens with zero attached hydrogens (tertiary/aromatic N) is 2. The molecule has 1 N–H and O–H groups in total. The number of non-ortho nitro benzene ring substituents is 1. The Kier molecular flexibility index (Phi) is 3.59. The number of hydroxylamine groups is 2. The molecular weight excluding hydrogens is 200 g/mol. The summed E-state index contributed by atoms with van der Waals surface area (Å²) < 4.78 is 4.99. The number of hydrogen-bond acceptors (Lipinski definition) is 5. The Hall–Kier alpha value is -1.66. The molecule has 0 fully saturated rings. The molecule has 1 aromatic carbocycles. The van der Waals surface area contributed by atoms with Crippen LogP contribution in [0.2, 0.25) is 0 Å². The highest BCUT2D eigenvalue weighted by Gasteiger charge is 2.11. The number of methoxy groups -OCH3 is 1. The highest BCUT2D eigenvalue weighted by Crippen LogP contribution is 2.25. The lowest BCUT2D eigenvalue weighted by molar-refractivity contribution is -0.385. The summed E-state index contributed by atoms with van der Waals surface area (Å²) in [6, 6.07) is 4.27. The molecule has 0 unspecified atom stereocenters. The van der Waals surface area contributed by atoms with E-state index >= 15 is 0 Å². The van der Waals surface area contributed by atoms with Crippen molar-refractivity contribution in [3.63, 3.8) is 0 Å². The fourth-order valence-electron chi connectivity index (χ4n) is 1.22. The summed E-state index contributed by atoms with van der Waals surface area (Å²) in [6.45, 7) is 0.251. The van der Waals surface area contributed by atoms with E-state index in [1.54, 1.807) is 6.07 Å². The van der Waals surface area contributed by atoms with E-state index < -0.39 is 4.92 Å². The van der Waals surface area contributed by atoms with E-state index in [2.05, 4.69) is 0 Å². The number of nitro groups is 1. The van der Waals surface area contributed by atoms with Gasteiger partial charge >= 0.3 is 0 Å². The third kappa shape index (κ3) is 2.90. The van der Waals surface area contributed by atoms with Crippen molar-refractivity contribution in [1.82, 2.24) is 5.06 Å². The second-order valence-electron chi connectivity index (χ2n) is 3.07. The summed E-state index contributed by atoms with van der Waals surface area (Å²) in [6.07, 6.45) is 0. The van der Waals surface area contributed by atoms with Gasteiger partial charge in [0.15, 0.2) is 0 Å². The van der Waals surface area contributed by atoms with Crippen molar-refractivity contribution < 1.29 is 14.9 Å². The Morgan fingerprint density at radius 1 is 1.60 bits per heavy atom. The van der Waals surface area contributed by atoms with Crippen LogP contribution in [0.3, 0.4) is 0 Å². The van der Waals surface area contributed by atoms with Crippen LogP contribution in [0.1, 0.15) is 5.56 Å². The van der Waals surface area contributed by atoms with E-state index in [1.165, 1.54) is 26.3 Å². The summed E-state index contributed by atoms with van der Waals surface area (Å²) in [5.41, 5.74) is 0.657. The maximum Gasteiger partial charge on any atom is 0.273 e. The van der Waals surface area contributed by atoms with Crippen LogP contribution < -0.4 is 4.74 Å². The van der Waals surface area contributed by atoms with E-state index in [9.17, 15) is 10.1 Å². The van der Waals surface area contributed by atoms with Crippen molar-refractivity contribution in [1.29, 1.82) is 0 Å². The predicted molar refractivity (Wildman–Crippen MR) is 52.9 cm³/mol. The molecule has 0 heterocycles. The smallest absolute Gasteiger partial charge is 0.273 e. The molecule has 0 atom stereocenters. The third-order valence-electron chi connectivity index (χ3n) is 1.88. The Morgan fingerprint density at radius 2 is 2.27 bits per heavy atom. The number of rotatable bonds is 4. The monoisotopic (exact) mass is 212 g/mol. The molecule has 0 aromatic heterocycles. The molecule has 0 aliphatic carbocycles. The molecule has 0 saturated carbocycles. The van der Waals surface area contributed by atoms with Gasteiger partial charge in [0.1, 0.15) is 5.75 Å². The molecule has 1 aromatic rings. The minimum Gasteiger partial charge on any atom is -0.496 e. The summed E-state index contributed by atoms with van der Waals surface area (Å²) in [7, 11) is 2.92. The van der Waals surface area contributed by atoms with Crippen LogP contribution in [0.5, 0.6) is 5.75 Å². The quantitative estimate of drug-likeness (QED) is 0.603. The minimum absolute atomic E-state index is 0.0313. The van der Waals surface area contributed by atoms with Gasteiger partial charge in [-0.05, 0) is 6.07 Å². The van der Waals surface area contributed by atoms with Crippen LogP contribution in [-0.2, 0) is 6.54 Å². The van der Waals surface area contributed by atoms with Crippen molar-refractivity contribution in [2.45, 2.75) is 6.54 Å². The van der Waals surface area contributed by atoms with Crippen LogP contribution in [0.4, 0.5) is 5.69 Å². The molecule has 0 bridgehead atoms. The van der Waals surface area contributed by atoms with Crippen molar-refractivity contribution >= 4 is 5.69 Å². The van der Waals surface area contributed by atoms with Gasteiger partial charge in [0.05, 0.1) is 24.6 Å². The molecule has 0 saturated heterocycles. The van der Waals surface area contributed by atoms with Crippen molar-refractivity contribution in [2.24, 2.45) is 0 Å². The zero-order valence-corrected chi connectivity index (χ0v) is 8.51. The molecule has 0 aliphatic heterocycles. The lowest BCUT2D eigenvalue weighted by Crippen LogP contribution is -2.12. The summed E-state index contributed by atoms with van der Waals surface area (Å²) in [5.74, 6) is 0.394. The first-order chi connectivity index (χ1) is 7.04. The van der Waals surface area contributed by atoms with Crippen molar-refractivity contribution in [3.05, 3.63) is 33.9 Å². The fraction of sp³-hybridized carbons (Fsp3) is 0.333. The van der Waals surface area contributed by atoms with Gasteiger partial charge in [0, 0.05) is 18.7 Å². The highest BCUT2D eigenvalue weighted by molar-refractivity contribution is 5.44. The van der Waals surface area contributed by atoms with Gasteiger partial charge < -0.3 is 9.94 Å². The van der Waals surface area contributed by atoms with Crippen molar-refractivity contribution in [3.8, 4) is 5.75 Å². The predicted octanol–water partition coefficient (Wildman–Crippen LogP) is 1.42. The highest BCUT2D eigenvalue weighted by atomic mass is 16.6. The average Bonchev–Trinajstić information content (AvgIpc) is 2.17. The standard InChI is InChI=1S/C9H12N2O4/c1-10(12)6-7-3-4-8(11(13)14)5-9(7)15-2/h3-5,12H,6H2,1-2H3. The molecule has 0 spiro atoms. The lowest BCUT2D eigenvalue weighted by atomic mass is 10.2. The molecule has 0 amide bonds. The molecule has 1 rings (SSSR count). The van der Waals surface area contributed by atoms with E-state index in [4.69, 9.17) is 9.94 Å². The first-order valence-corrected chi connectivity index (χ1v) is 4.26. The first kappa shape index (κ1) is 11.4. The minimum atomic E-state index is -0.491. The largest absolute Gasteiger partial charge is 0.496 e. The lowest BCUT2D eigenvalue weighted by Gasteiger charge is -2.11. The van der Waals surface area contributed by atoms with Gasteiger partial charge in [-0.1, -0.05) is 0 Å². The Balaban J connectivity index is 3.03. The Bertz CT molecular complexity index is 365. The third-order valence-corrected chi connectivity index (χ3v) is 1.88. The second kappa shape index (κ2) is 4.72. The molecule has 15 heavy (non-hydrogen) atoms. The molecule has 0 aliphatic rings. The molecule has 82 valence electrons. The van der Waals surface area contributed by atoms with E-state index in [0.29, 0.717) is 11.3 Å². The second-order valence-corrected chi connectivity index (χ2v) is 3.07. The Labute approximate surface area is 86.8 Å². The zero-order valence-electron chi connectivity index (χ0n) is 8.51. The maximum absolute atomic E-state index is 10.5. The van der Waals surface area contributed by atoms with Crippen LogP contribution in [0.15, 0.2) is 18.2 Å². The Morgan fingerprint density at radius 3 is 2.73 bits per heavy atom.